The lowest BCUT2D eigenvalue weighted by atomic mass is 9.92. The minimum atomic E-state index is -0.101. The fourth-order valence-corrected chi connectivity index (χ4v) is 2.34. The van der Waals surface area contributed by atoms with Gasteiger partial charge in [-0.3, -0.25) is 4.79 Å². The fraction of sp³-hybridized carbons (Fsp3) is 0.417. The van der Waals surface area contributed by atoms with Crippen molar-refractivity contribution in [2.75, 3.05) is 6.61 Å². The lowest BCUT2D eigenvalue weighted by molar-refractivity contribution is 0.0764. The molecule has 1 aromatic rings. The molecule has 86 valence electrons. The van der Waals surface area contributed by atoms with Crippen molar-refractivity contribution in [3.63, 3.8) is 0 Å². The van der Waals surface area contributed by atoms with E-state index in [0.717, 1.165) is 6.42 Å². The van der Waals surface area contributed by atoms with E-state index in [-0.39, 0.29) is 17.8 Å². The summed E-state index contributed by atoms with van der Waals surface area (Å²) < 4.78 is 5.38. The zero-order valence-electron chi connectivity index (χ0n) is 8.87. The lowest BCUT2D eigenvalue weighted by Crippen LogP contribution is -2.22. The molecule has 2 rings (SSSR count). The molecule has 1 fully saturated rings. The predicted octanol–water partition coefficient (Wildman–Crippen LogP) is 3.60. The van der Waals surface area contributed by atoms with E-state index in [1.807, 2.05) is 6.92 Å². The van der Waals surface area contributed by atoms with Crippen LogP contribution >= 0.6 is 23.2 Å². The van der Waals surface area contributed by atoms with Gasteiger partial charge < -0.3 is 4.74 Å². The molecule has 0 aromatic heterocycles. The highest BCUT2D eigenvalue weighted by Gasteiger charge is 2.32. The van der Waals surface area contributed by atoms with Crippen molar-refractivity contribution in [3.8, 4) is 0 Å². The highest BCUT2D eigenvalue weighted by atomic mass is 35.5. The summed E-state index contributed by atoms with van der Waals surface area (Å²) in [4.78, 5) is 12.2. The first-order valence-electron chi connectivity index (χ1n) is 5.20. The van der Waals surface area contributed by atoms with Crippen molar-refractivity contribution < 1.29 is 9.53 Å². The van der Waals surface area contributed by atoms with Crippen LogP contribution < -0.4 is 0 Å². The standard InChI is InChI=1S/C12H12Cl2O2/c1-7-9(4-5-16-7)12(15)10-6-8(13)2-3-11(10)14/h2-3,6-7,9H,4-5H2,1H3. The van der Waals surface area contributed by atoms with Crippen LogP contribution in [0.5, 0.6) is 0 Å². The molecule has 1 aliphatic heterocycles. The van der Waals surface area contributed by atoms with Crippen molar-refractivity contribution >= 4 is 29.0 Å². The Morgan fingerprint density at radius 2 is 2.19 bits per heavy atom. The van der Waals surface area contributed by atoms with Crippen LogP contribution in [0.15, 0.2) is 18.2 Å². The maximum atomic E-state index is 12.2. The van der Waals surface area contributed by atoms with Crippen LogP contribution in [0.3, 0.4) is 0 Å². The minimum absolute atomic E-state index is 0.0255. The summed E-state index contributed by atoms with van der Waals surface area (Å²) in [6, 6.07) is 4.95. The molecule has 1 heterocycles. The van der Waals surface area contributed by atoms with Gasteiger partial charge in [0, 0.05) is 17.2 Å². The van der Waals surface area contributed by atoms with E-state index in [9.17, 15) is 4.79 Å². The Balaban J connectivity index is 2.29. The van der Waals surface area contributed by atoms with Gasteiger partial charge in [-0.1, -0.05) is 23.2 Å². The van der Waals surface area contributed by atoms with Gasteiger partial charge in [-0.2, -0.15) is 0 Å². The van der Waals surface area contributed by atoms with Crippen molar-refractivity contribution in [2.45, 2.75) is 19.4 Å². The van der Waals surface area contributed by atoms with Gasteiger partial charge in [0.1, 0.15) is 0 Å². The number of hydrogen-bond acceptors (Lipinski definition) is 2. The number of ether oxygens (including phenoxy) is 1. The van der Waals surface area contributed by atoms with Crippen molar-refractivity contribution in [2.24, 2.45) is 5.92 Å². The van der Waals surface area contributed by atoms with E-state index in [2.05, 4.69) is 0 Å². The average Bonchev–Trinajstić information content (AvgIpc) is 2.67. The van der Waals surface area contributed by atoms with Crippen LogP contribution in [0, 0.1) is 5.92 Å². The van der Waals surface area contributed by atoms with E-state index < -0.39 is 0 Å². The van der Waals surface area contributed by atoms with Crippen LogP contribution in [-0.2, 0) is 4.74 Å². The van der Waals surface area contributed by atoms with Gasteiger partial charge in [0.05, 0.1) is 17.0 Å². The molecule has 2 atom stereocenters. The summed E-state index contributed by atoms with van der Waals surface area (Å²) in [6.07, 6.45) is 0.714. The molecule has 16 heavy (non-hydrogen) atoms. The normalized spacial score (nSPS) is 24.7. The molecular weight excluding hydrogens is 247 g/mol. The van der Waals surface area contributed by atoms with Crippen LogP contribution in [0.1, 0.15) is 23.7 Å². The van der Waals surface area contributed by atoms with Gasteiger partial charge >= 0.3 is 0 Å². The number of hydrogen-bond donors (Lipinski definition) is 0. The summed E-state index contributed by atoms with van der Waals surface area (Å²) in [5.41, 5.74) is 0.497. The van der Waals surface area contributed by atoms with Crippen LogP contribution in [0.2, 0.25) is 10.0 Å². The number of halogens is 2. The van der Waals surface area contributed by atoms with E-state index in [1.165, 1.54) is 0 Å². The van der Waals surface area contributed by atoms with Crippen molar-refractivity contribution in [3.05, 3.63) is 33.8 Å². The molecule has 1 saturated heterocycles. The molecular formula is C12H12Cl2O2. The third-order valence-electron chi connectivity index (χ3n) is 2.91. The highest BCUT2D eigenvalue weighted by Crippen LogP contribution is 2.29. The summed E-state index contributed by atoms with van der Waals surface area (Å²) in [7, 11) is 0. The van der Waals surface area contributed by atoms with Gasteiger partial charge in [0.25, 0.3) is 0 Å². The zero-order chi connectivity index (χ0) is 11.7. The Labute approximate surface area is 104 Å². The van der Waals surface area contributed by atoms with E-state index in [4.69, 9.17) is 27.9 Å². The molecule has 0 aliphatic carbocycles. The zero-order valence-corrected chi connectivity index (χ0v) is 10.4. The average molecular weight is 259 g/mol. The second-order valence-corrected chi connectivity index (χ2v) is 4.80. The molecule has 0 saturated carbocycles. The first kappa shape index (κ1) is 11.9. The Kier molecular flexibility index (Phi) is 3.53. The first-order valence-corrected chi connectivity index (χ1v) is 5.96. The Morgan fingerprint density at radius 3 is 2.81 bits per heavy atom. The van der Waals surface area contributed by atoms with Crippen LogP contribution in [0.4, 0.5) is 0 Å². The lowest BCUT2D eigenvalue weighted by Gasteiger charge is -2.13. The van der Waals surface area contributed by atoms with Gasteiger partial charge in [-0.05, 0) is 31.5 Å². The molecule has 1 aliphatic rings. The molecule has 0 amide bonds. The van der Waals surface area contributed by atoms with E-state index in [0.29, 0.717) is 22.2 Å². The Morgan fingerprint density at radius 1 is 1.44 bits per heavy atom. The van der Waals surface area contributed by atoms with E-state index in [1.54, 1.807) is 18.2 Å². The largest absolute Gasteiger partial charge is 0.378 e. The van der Waals surface area contributed by atoms with Gasteiger partial charge in [-0.25, -0.2) is 0 Å². The third-order valence-corrected chi connectivity index (χ3v) is 3.47. The number of Topliss-reactive ketones (excluding diaryl/α,β-unsaturated/α-hetero) is 1. The van der Waals surface area contributed by atoms with Crippen LogP contribution in [-0.4, -0.2) is 18.5 Å². The second-order valence-electron chi connectivity index (χ2n) is 3.96. The molecule has 1 aromatic carbocycles. The first-order chi connectivity index (χ1) is 7.59. The summed E-state index contributed by atoms with van der Waals surface area (Å²) in [5, 5.41) is 0.979. The van der Waals surface area contributed by atoms with Crippen molar-refractivity contribution in [1.82, 2.24) is 0 Å². The topological polar surface area (TPSA) is 26.3 Å². The second kappa shape index (κ2) is 4.74. The number of carbonyl (C=O) groups excluding carboxylic acids is 1. The molecule has 2 nitrogen and oxygen atoms in total. The minimum Gasteiger partial charge on any atom is -0.378 e. The third kappa shape index (κ3) is 2.24. The summed E-state index contributed by atoms with van der Waals surface area (Å²) >= 11 is 11.9. The maximum absolute atomic E-state index is 12.2. The molecule has 0 radical (unpaired) electrons. The molecule has 2 unspecified atom stereocenters. The molecule has 4 heteroatoms. The van der Waals surface area contributed by atoms with Crippen LogP contribution in [0.25, 0.3) is 0 Å². The number of rotatable bonds is 2. The van der Waals surface area contributed by atoms with Gasteiger partial charge in [0.15, 0.2) is 5.78 Å². The number of benzene rings is 1. The molecule has 0 bridgehead atoms. The molecule has 0 spiro atoms. The quantitative estimate of drug-likeness (QED) is 0.758. The fourth-order valence-electron chi connectivity index (χ4n) is 1.96. The summed E-state index contributed by atoms with van der Waals surface area (Å²) in [6.45, 7) is 2.55. The Bertz CT molecular complexity index is 417. The number of ketones is 1. The molecule has 0 N–H and O–H groups in total. The van der Waals surface area contributed by atoms with E-state index >= 15 is 0 Å². The maximum Gasteiger partial charge on any atom is 0.170 e. The SMILES string of the molecule is CC1OCCC1C(=O)c1cc(Cl)ccc1Cl. The monoisotopic (exact) mass is 258 g/mol. The predicted molar refractivity (Wildman–Crippen MR) is 64.3 cm³/mol. The number of carbonyl (C=O) groups is 1. The van der Waals surface area contributed by atoms with Gasteiger partial charge in [0.2, 0.25) is 0 Å². The van der Waals surface area contributed by atoms with Crippen molar-refractivity contribution in [1.29, 1.82) is 0 Å². The Hall–Kier alpha value is -0.570. The van der Waals surface area contributed by atoms with Gasteiger partial charge in [-0.15, -0.1) is 0 Å². The smallest absolute Gasteiger partial charge is 0.170 e. The summed E-state index contributed by atoms with van der Waals surface area (Å²) in [5.74, 6) is -0.0755. The highest BCUT2D eigenvalue weighted by molar-refractivity contribution is 6.36.